The van der Waals surface area contributed by atoms with Gasteiger partial charge in [-0.25, -0.2) is 4.98 Å². The maximum atomic E-state index is 5.62. The predicted octanol–water partition coefficient (Wildman–Crippen LogP) is 2.56. The predicted molar refractivity (Wildman–Crippen MR) is 72.0 cm³/mol. The van der Waals surface area contributed by atoms with Crippen LogP contribution in [0.25, 0.3) is 0 Å². The molecule has 0 spiro atoms. The molecular formula is C14H23N3. The van der Waals surface area contributed by atoms with Gasteiger partial charge in [0, 0.05) is 20.1 Å². The molecule has 1 aromatic rings. The van der Waals surface area contributed by atoms with E-state index in [1.165, 1.54) is 32.1 Å². The zero-order valence-electron chi connectivity index (χ0n) is 10.7. The summed E-state index contributed by atoms with van der Waals surface area (Å²) in [5.74, 6) is 1.90. The van der Waals surface area contributed by atoms with Gasteiger partial charge >= 0.3 is 0 Å². The van der Waals surface area contributed by atoms with Crippen molar-refractivity contribution in [2.75, 3.05) is 18.5 Å². The van der Waals surface area contributed by atoms with Gasteiger partial charge in [0.05, 0.1) is 5.69 Å². The molecule has 0 aliphatic heterocycles. The lowest BCUT2D eigenvalue weighted by Crippen LogP contribution is -2.27. The van der Waals surface area contributed by atoms with Crippen molar-refractivity contribution in [2.45, 2.75) is 38.6 Å². The van der Waals surface area contributed by atoms with Crippen molar-refractivity contribution in [2.24, 2.45) is 11.7 Å². The van der Waals surface area contributed by atoms with Gasteiger partial charge < -0.3 is 10.6 Å². The fourth-order valence-corrected chi connectivity index (χ4v) is 2.64. The van der Waals surface area contributed by atoms with Crippen LogP contribution in [0.5, 0.6) is 0 Å². The van der Waals surface area contributed by atoms with Crippen LogP contribution in [0.3, 0.4) is 0 Å². The molecular weight excluding hydrogens is 210 g/mol. The topological polar surface area (TPSA) is 42.1 Å². The van der Waals surface area contributed by atoms with Crippen molar-refractivity contribution in [1.29, 1.82) is 0 Å². The zero-order valence-corrected chi connectivity index (χ0v) is 10.7. The van der Waals surface area contributed by atoms with Gasteiger partial charge in [0.15, 0.2) is 0 Å². The molecule has 1 aliphatic rings. The summed E-state index contributed by atoms with van der Waals surface area (Å²) in [5, 5.41) is 0. The van der Waals surface area contributed by atoms with Crippen molar-refractivity contribution in [3.05, 3.63) is 23.9 Å². The van der Waals surface area contributed by atoms with Crippen LogP contribution in [-0.2, 0) is 6.54 Å². The molecule has 0 saturated heterocycles. The third-order valence-electron chi connectivity index (χ3n) is 3.65. The monoisotopic (exact) mass is 233 g/mol. The highest BCUT2D eigenvalue weighted by atomic mass is 15.2. The minimum atomic E-state index is 0.519. The number of rotatable bonds is 4. The molecule has 0 bridgehead atoms. The maximum Gasteiger partial charge on any atom is 0.128 e. The Balaban J connectivity index is 1.95. The Morgan fingerprint density at radius 2 is 2.06 bits per heavy atom. The highest BCUT2D eigenvalue weighted by molar-refractivity contribution is 5.38. The number of aromatic nitrogens is 1. The molecule has 0 aromatic carbocycles. The van der Waals surface area contributed by atoms with Crippen LogP contribution in [0, 0.1) is 5.92 Å². The van der Waals surface area contributed by atoms with Gasteiger partial charge in [0.2, 0.25) is 0 Å². The largest absolute Gasteiger partial charge is 0.359 e. The number of pyridine rings is 1. The Morgan fingerprint density at radius 1 is 1.29 bits per heavy atom. The van der Waals surface area contributed by atoms with Gasteiger partial charge in [0.25, 0.3) is 0 Å². The minimum absolute atomic E-state index is 0.519. The van der Waals surface area contributed by atoms with E-state index in [4.69, 9.17) is 5.73 Å². The number of hydrogen-bond donors (Lipinski definition) is 1. The van der Waals surface area contributed by atoms with Crippen molar-refractivity contribution in [1.82, 2.24) is 4.98 Å². The van der Waals surface area contributed by atoms with Crippen LogP contribution in [0.4, 0.5) is 5.82 Å². The normalized spacial score (nSPS) is 17.1. The number of hydrogen-bond acceptors (Lipinski definition) is 3. The van der Waals surface area contributed by atoms with E-state index in [0.29, 0.717) is 6.54 Å². The van der Waals surface area contributed by atoms with Crippen LogP contribution in [0.2, 0.25) is 0 Å². The molecule has 1 aromatic heterocycles. The average molecular weight is 233 g/mol. The van der Waals surface area contributed by atoms with Crippen molar-refractivity contribution in [3.8, 4) is 0 Å². The van der Waals surface area contributed by atoms with Crippen molar-refractivity contribution < 1.29 is 0 Å². The lowest BCUT2D eigenvalue weighted by atomic mass is 9.89. The molecule has 3 heteroatoms. The zero-order chi connectivity index (χ0) is 12.1. The van der Waals surface area contributed by atoms with E-state index in [1.807, 2.05) is 12.1 Å². The third-order valence-corrected chi connectivity index (χ3v) is 3.65. The lowest BCUT2D eigenvalue weighted by Gasteiger charge is -2.27. The Morgan fingerprint density at radius 3 is 2.76 bits per heavy atom. The summed E-state index contributed by atoms with van der Waals surface area (Å²) in [4.78, 5) is 6.83. The van der Waals surface area contributed by atoms with E-state index in [9.17, 15) is 0 Å². The van der Waals surface area contributed by atoms with Crippen molar-refractivity contribution in [3.63, 3.8) is 0 Å². The van der Waals surface area contributed by atoms with Crippen LogP contribution in [0.15, 0.2) is 18.2 Å². The maximum absolute atomic E-state index is 5.62. The first-order valence-corrected chi connectivity index (χ1v) is 6.66. The van der Waals surface area contributed by atoms with Crippen LogP contribution >= 0.6 is 0 Å². The molecule has 17 heavy (non-hydrogen) atoms. The minimum Gasteiger partial charge on any atom is -0.359 e. The second kappa shape index (κ2) is 6.01. The van der Waals surface area contributed by atoms with Crippen LogP contribution < -0.4 is 10.6 Å². The summed E-state index contributed by atoms with van der Waals surface area (Å²) in [6.45, 7) is 1.64. The molecule has 94 valence electrons. The average Bonchev–Trinajstić information content (AvgIpc) is 2.40. The summed E-state index contributed by atoms with van der Waals surface area (Å²) in [6, 6.07) is 6.10. The second-order valence-corrected chi connectivity index (χ2v) is 5.08. The van der Waals surface area contributed by atoms with Gasteiger partial charge in [-0.05, 0) is 30.9 Å². The van der Waals surface area contributed by atoms with Crippen LogP contribution in [0.1, 0.15) is 37.8 Å². The molecule has 0 amide bonds. The lowest BCUT2D eigenvalue weighted by molar-refractivity contribution is 0.361. The van der Waals surface area contributed by atoms with Gasteiger partial charge in [-0.2, -0.15) is 0 Å². The molecule has 1 fully saturated rings. The number of nitrogens with zero attached hydrogens (tertiary/aromatic N) is 2. The standard InChI is InChI=1S/C14H23N3/c1-17(11-12-6-3-2-4-7-12)14-9-5-8-13(10-15)16-14/h5,8-9,12H,2-4,6-7,10-11,15H2,1H3. The first-order valence-electron chi connectivity index (χ1n) is 6.66. The summed E-state index contributed by atoms with van der Waals surface area (Å²) in [7, 11) is 2.14. The molecule has 0 radical (unpaired) electrons. The van der Waals surface area contributed by atoms with Crippen LogP contribution in [-0.4, -0.2) is 18.6 Å². The fraction of sp³-hybridized carbons (Fsp3) is 0.643. The highest BCUT2D eigenvalue weighted by Gasteiger charge is 2.16. The molecule has 1 aliphatic carbocycles. The van der Waals surface area contributed by atoms with Gasteiger partial charge in [-0.15, -0.1) is 0 Å². The summed E-state index contributed by atoms with van der Waals surface area (Å²) in [6.07, 6.45) is 6.96. The smallest absolute Gasteiger partial charge is 0.128 e. The molecule has 2 N–H and O–H groups in total. The van der Waals surface area contributed by atoms with Gasteiger partial charge in [0.1, 0.15) is 5.82 Å². The number of anilines is 1. The van der Waals surface area contributed by atoms with Gasteiger partial charge in [-0.1, -0.05) is 25.3 Å². The summed E-state index contributed by atoms with van der Waals surface area (Å²) >= 11 is 0. The Kier molecular flexibility index (Phi) is 4.37. The molecule has 3 nitrogen and oxygen atoms in total. The SMILES string of the molecule is CN(CC1CCCCC1)c1cccc(CN)n1. The molecule has 2 rings (SSSR count). The first kappa shape index (κ1) is 12.4. The fourth-order valence-electron chi connectivity index (χ4n) is 2.64. The van der Waals surface area contributed by atoms with E-state index in [2.05, 4.69) is 23.0 Å². The molecule has 1 saturated carbocycles. The number of nitrogens with two attached hydrogens (primary N) is 1. The second-order valence-electron chi connectivity index (χ2n) is 5.08. The van der Waals surface area contributed by atoms with Gasteiger partial charge in [-0.3, -0.25) is 0 Å². The van der Waals surface area contributed by atoms with E-state index in [1.54, 1.807) is 0 Å². The Hall–Kier alpha value is -1.09. The third kappa shape index (κ3) is 3.43. The van der Waals surface area contributed by atoms with E-state index in [-0.39, 0.29) is 0 Å². The Labute approximate surface area is 104 Å². The van der Waals surface area contributed by atoms with Crippen molar-refractivity contribution >= 4 is 5.82 Å². The summed E-state index contributed by atoms with van der Waals surface area (Å²) < 4.78 is 0. The molecule has 1 heterocycles. The molecule has 0 atom stereocenters. The van der Waals surface area contributed by atoms with E-state index < -0.39 is 0 Å². The van der Waals surface area contributed by atoms with E-state index >= 15 is 0 Å². The van der Waals surface area contributed by atoms with E-state index in [0.717, 1.165) is 24.0 Å². The summed E-state index contributed by atoms with van der Waals surface area (Å²) in [5.41, 5.74) is 6.59. The molecule has 0 unspecified atom stereocenters. The highest BCUT2D eigenvalue weighted by Crippen LogP contribution is 2.25. The first-order chi connectivity index (χ1) is 8.29. The Bertz CT molecular complexity index is 345. The quantitative estimate of drug-likeness (QED) is 0.869.